The first-order valence-electron chi connectivity index (χ1n) is 6.87. The molecule has 0 amide bonds. The second kappa shape index (κ2) is 5.25. The Morgan fingerprint density at radius 1 is 1.32 bits per heavy atom. The minimum atomic E-state index is 0.476. The second-order valence-electron chi connectivity index (χ2n) is 5.48. The fraction of sp³-hybridized carbons (Fsp3) is 0.500. The van der Waals surface area contributed by atoms with Crippen LogP contribution in [0.2, 0.25) is 0 Å². The van der Waals surface area contributed by atoms with Gasteiger partial charge in [0.1, 0.15) is 5.75 Å². The van der Waals surface area contributed by atoms with E-state index in [0.29, 0.717) is 12.5 Å². The van der Waals surface area contributed by atoms with Crippen LogP contribution in [0.5, 0.6) is 5.75 Å². The van der Waals surface area contributed by atoms with Crippen LogP contribution in [-0.2, 0) is 13.5 Å². The van der Waals surface area contributed by atoms with E-state index in [0.717, 1.165) is 12.2 Å². The lowest BCUT2D eigenvalue weighted by Gasteiger charge is -2.11. The molecule has 0 aliphatic rings. The van der Waals surface area contributed by atoms with Crippen LogP contribution in [0.15, 0.2) is 12.1 Å². The Morgan fingerprint density at radius 2 is 2.00 bits per heavy atom. The zero-order valence-electron chi connectivity index (χ0n) is 12.6. The third-order valence-corrected chi connectivity index (χ3v) is 3.71. The Hall–Kier alpha value is -1.48. The van der Waals surface area contributed by atoms with Crippen LogP contribution >= 0.6 is 0 Å². The van der Waals surface area contributed by atoms with Crippen molar-refractivity contribution >= 4 is 10.9 Å². The molecule has 3 heteroatoms. The molecule has 2 aromatic rings. The molecule has 0 spiro atoms. The van der Waals surface area contributed by atoms with Crippen molar-refractivity contribution in [2.75, 3.05) is 13.7 Å². The van der Waals surface area contributed by atoms with Crippen molar-refractivity contribution in [1.82, 2.24) is 4.57 Å². The number of nitrogens with two attached hydrogens (primary N) is 1. The van der Waals surface area contributed by atoms with Gasteiger partial charge in [-0.1, -0.05) is 13.8 Å². The minimum absolute atomic E-state index is 0.476. The van der Waals surface area contributed by atoms with Gasteiger partial charge < -0.3 is 15.0 Å². The van der Waals surface area contributed by atoms with E-state index in [1.54, 1.807) is 7.11 Å². The summed E-state index contributed by atoms with van der Waals surface area (Å²) in [5.74, 6) is 1.42. The van der Waals surface area contributed by atoms with Crippen molar-refractivity contribution < 1.29 is 4.74 Å². The SMILES string of the molecule is COc1cc(C)cc2c(CCN)c(C(C)C)n(C)c12. The number of aryl methyl sites for hydroxylation is 2. The summed E-state index contributed by atoms with van der Waals surface area (Å²) in [4.78, 5) is 0. The van der Waals surface area contributed by atoms with E-state index >= 15 is 0 Å². The zero-order chi connectivity index (χ0) is 14.2. The van der Waals surface area contributed by atoms with E-state index in [-0.39, 0.29) is 0 Å². The smallest absolute Gasteiger partial charge is 0.143 e. The molecule has 3 nitrogen and oxygen atoms in total. The summed E-state index contributed by atoms with van der Waals surface area (Å²) in [6.45, 7) is 7.24. The Kier molecular flexibility index (Phi) is 3.85. The normalized spacial score (nSPS) is 11.5. The van der Waals surface area contributed by atoms with Crippen molar-refractivity contribution in [2.45, 2.75) is 33.1 Å². The van der Waals surface area contributed by atoms with Crippen LogP contribution in [-0.4, -0.2) is 18.2 Å². The lowest BCUT2D eigenvalue weighted by atomic mass is 10.00. The predicted molar refractivity (Wildman–Crippen MR) is 81.1 cm³/mol. The van der Waals surface area contributed by atoms with Gasteiger partial charge in [0.05, 0.1) is 12.6 Å². The molecule has 0 radical (unpaired) electrons. The van der Waals surface area contributed by atoms with E-state index in [1.165, 1.54) is 27.7 Å². The van der Waals surface area contributed by atoms with Crippen LogP contribution in [0.3, 0.4) is 0 Å². The largest absolute Gasteiger partial charge is 0.495 e. The number of hydrogen-bond donors (Lipinski definition) is 1. The Labute approximate surface area is 115 Å². The molecule has 2 N–H and O–H groups in total. The average molecular weight is 260 g/mol. The van der Waals surface area contributed by atoms with E-state index in [4.69, 9.17) is 10.5 Å². The molecule has 1 aromatic heterocycles. The van der Waals surface area contributed by atoms with E-state index < -0.39 is 0 Å². The summed E-state index contributed by atoms with van der Waals surface area (Å²) in [5, 5.41) is 1.29. The standard InChI is InChI=1S/C16H24N2O/c1-10(2)15-12(6-7-17)13-8-11(3)9-14(19-5)16(13)18(15)4/h8-10H,6-7,17H2,1-5H3. The monoisotopic (exact) mass is 260 g/mol. The highest BCUT2D eigenvalue weighted by atomic mass is 16.5. The van der Waals surface area contributed by atoms with Crippen molar-refractivity contribution in [3.05, 3.63) is 29.0 Å². The predicted octanol–water partition coefficient (Wildman–Crippen LogP) is 3.12. The number of rotatable bonds is 4. The minimum Gasteiger partial charge on any atom is -0.495 e. The zero-order valence-corrected chi connectivity index (χ0v) is 12.6. The van der Waals surface area contributed by atoms with Crippen molar-refractivity contribution in [3.63, 3.8) is 0 Å². The van der Waals surface area contributed by atoms with Gasteiger partial charge in [0.25, 0.3) is 0 Å². The van der Waals surface area contributed by atoms with Gasteiger partial charge in [-0.15, -0.1) is 0 Å². The van der Waals surface area contributed by atoms with Gasteiger partial charge in [-0.2, -0.15) is 0 Å². The van der Waals surface area contributed by atoms with Crippen LogP contribution < -0.4 is 10.5 Å². The molecule has 0 atom stereocenters. The molecule has 1 heterocycles. The third kappa shape index (κ3) is 2.23. The van der Waals surface area contributed by atoms with Gasteiger partial charge >= 0.3 is 0 Å². The van der Waals surface area contributed by atoms with Gasteiger partial charge in [-0.25, -0.2) is 0 Å². The summed E-state index contributed by atoms with van der Waals surface area (Å²) < 4.78 is 7.83. The molecule has 2 rings (SSSR count). The lowest BCUT2D eigenvalue weighted by molar-refractivity contribution is 0.417. The summed E-state index contributed by atoms with van der Waals surface area (Å²) in [6, 6.07) is 4.34. The first kappa shape index (κ1) is 13.9. The maximum Gasteiger partial charge on any atom is 0.143 e. The quantitative estimate of drug-likeness (QED) is 0.917. The topological polar surface area (TPSA) is 40.2 Å². The molecule has 0 aliphatic carbocycles. The first-order valence-corrected chi connectivity index (χ1v) is 6.87. The summed E-state index contributed by atoms with van der Waals surface area (Å²) in [5.41, 5.74) is 10.9. The second-order valence-corrected chi connectivity index (χ2v) is 5.48. The summed E-state index contributed by atoms with van der Waals surface area (Å²) >= 11 is 0. The molecule has 0 fully saturated rings. The number of benzene rings is 1. The fourth-order valence-corrected chi connectivity index (χ4v) is 3.08. The lowest BCUT2D eigenvalue weighted by Crippen LogP contribution is -2.07. The number of methoxy groups -OCH3 is 1. The highest BCUT2D eigenvalue weighted by Gasteiger charge is 2.19. The Balaban J connectivity index is 2.87. The summed E-state index contributed by atoms with van der Waals surface area (Å²) in [6.07, 6.45) is 0.914. The van der Waals surface area contributed by atoms with Gasteiger partial charge in [-0.05, 0) is 49.1 Å². The van der Waals surface area contributed by atoms with Crippen LogP contribution in [0.4, 0.5) is 0 Å². The number of nitrogens with zero attached hydrogens (tertiary/aromatic N) is 1. The highest BCUT2D eigenvalue weighted by molar-refractivity contribution is 5.91. The van der Waals surface area contributed by atoms with Crippen molar-refractivity contribution in [1.29, 1.82) is 0 Å². The van der Waals surface area contributed by atoms with Crippen molar-refractivity contribution in [3.8, 4) is 5.75 Å². The van der Waals surface area contributed by atoms with E-state index in [9.17, 15) is 0 Å². The fourth-order valence-electron chi connectivity index (χ4n) is 3.08. The molecule has 104 valence electrons. The number of fused-ring (bicyclic) bond motifs is 1. The molecular weight excluding hydrogens is 236 g/mol. The average Bonchev–Trinajstić information content (AvgIpc) is 2.62. The number of hydrogen-bond acceptors (Lipinski definition) is 2. The van der Waals surface area contributed by atoms with Crippen LogP contribution in [0.1, 0.15) is 36.6 Å². The third-order valence-electron chi connectivity index (χ3n) is 3.71. The van der Waals surface area contributed by atoms with Gasteiger partial charge in [0.15, 0.2) is 0 Å². The van der Waals surface area contributed by atoms with Crippen LogP contribution in [0, 0.1) is 6.92 Å². The highest BCUT2D eigenvalue weighted by Crippen LogP contribution is 2.36. The molecule has 0 unspecified atom stereocenters. The molecule has 0 aliphatic heterocycles. The first-order chi connectivity index (χ1) is 9.01. The van der Waals surface area contributed by atoms with Crippen LogP contribution in [0.25, 0.3) is 10.9 Å². The molecule has 19 heavy (non-hydrogen) atoms. The molecule has 1 aromatic carbocycles. The number of ether oxygens (including phenoxy) is 1. The molecular formula is C16H24N2O. The molecule has 0 saturated carbocycles. The molecule has 0 bridgehead atoms. The molecule has 0 saturated heterocycles. The van der Waals surface area contributed by atoms with Gasteiger partial charge in [-0.3, -0.25) is 0 Å². The van der Waals surface area contributed by atoms with Gasteiger partial charge in [0, 0.05) is 18.1 Å². The van der Waals surface area contributed by atoms with E-state index in [1.807, 2.05) is 0 Å². The van der Waals surface area contributed by atoms with Crippen molar-refractivity contribution in [2.24, 2.45) is 12.8 Å². The van der Waals surface area contributed by atoms with Gasteiger partial charge in [0.2, 0.25) is 0 Å². The maximum absolute atomic E-state index is 5.80. The summed E-state index contributed by atoms with van der Waals surface area (Å²) in [7, 11) is 3.86. The maximum atomic E-state index is 5.80. The van der Waals surface area contributed by atoms with E-state index in [2.05, 4.69) is 44.5 Å². The number of aromatic nitrogens is 1. The Morgan fingerprint density at radius 3 is 2.53 bits per heavy atom. The Bertz CT molecular complexity index is 597.